The summed E-state index contributed by atoms with van der Waals surface area (Å²) in [5.41, 5.74) is 8.01. The molecule has 2 heteroatoms. The molecule has 0 radical (unpaired) electrons. The first-order chi connectivity index (χ1) is 7.63. The molecule has 1 aromatic carbocycles. The topological polar surface area (TPSA) is 29.3 Å². The molecule has 1 aliphatic heterocycles. The second kappa shape index (κ2) is 4.88. The Morgan fingerprint density at radius 2 is 1.94 bits per heavy atom. The van der Waals surface area contributed by atoms with Crippen LogP contribution >= 0.6 is 0 Å². The summed E-state index contributed by atoms with van der Waals surface area (Å²) in [4.78, 5) is 2.55. The van der Waals surface area contributed by atoms with Crippen molar-refractivity contribution in [2.75, 3.05) is 18.8 Å². The van der Waals surface area contributed by atoms with Gasteiger partial charge in [0.25, 0.3) is 0 Å². The smallest absolute Gasteiger partial charge is 0.0317 e. The zero-order valence-electron chi connectivity index (χ0n) is 10.3. The molecule has 2 rings (SSSR count). The molecule has 0 spiro atoms. The molecule has 0 saturated carbocycles. The van der Waals surface area contributed by atoms with Crippen molar-refractivity contribution >= 4 is 5.69 Å². The molecule has 0 unspecified atom stereocenters. The van der Waals surface area contributed by atoms with E-state index in [0.717, 1.165) is 24.1 Å². The summed E-state index contributed by atoms with van der Waals surface area (Å²) < 4.78 is 0. The molecule has 0 aromatic heterocycles. The number of nitrogen functional groups attached to an aromatic ring is 1. The highest BCUT2D eigenvalue weighted by atomic mass is 15.1. The standard InChI is InChI=1S/C14H22N2/c1-11-6-12(2)9-16(8-11)10-13-4-3-5-14(15)7-13/h3-5,7,11-12H,6,8-10,15H2,1-2H3/t11-,12-/m1/s1. The van der Waals surface area contributed by atoms with Gasteiger partial charge < -0.3 is 5.73 Å². The number of piperidine rings is 1. The van der Waals surface area contributed by atoms with Crippen LogP contribution in [-0.4, -0.2) is 18.0 Å². The van der Waals surface area contributed by atoms with E-state index in [4.69, 9.17) is 5.73 Å². The van der Waals surface area contributed by atoms with Crippen LogP contribution in [0.15, 0.2) is 24.3 Å². The van der Waals surface area contributed by atoms with Crippen molar-refractivity contribution in [1.29, 1.82) is 0 Å². The van der Waals surface area contributed by atoms with Gasteiger partial charge in [-0.3, -0.25) is 4.90 Å². The number of nitrogens with zero attached hydrogens (tertiary/aromatic N) is 1. The average Bonchev–Trinajstić information content (AvgIpc) is 2.15. The lowest BCUT2D eigenvalue weighted by Crippen LogP contribution is -2.38. The Balaban J connectivity index is 1.98. The first-order valence-corrected chi connectivity index (χ1v) is 6.20. The highest BCUT2D eigenvalue weighted by molar-refractivity contribution is 5.40. The molecule has 1 aromatic rings. The maximum absolute atomic E-state index is 5.80. The van der Waals surface area contributed by atoms with Crippen molar-refractivity contribution < 1.29 is 0 Å². The van der Waals surface area contributed by atoms with Gasteiger partial charge in [0.1, 0.15) is 0 Å². The molecule has 88 valence electrons. The number of likely N-dealkylation sites (tertiary alicyclic amines) is 1. The van der Waals surface area contributed by atoms with Gasteiger partial charge in [-0.25, -0.2) is 0 Å². The summed E-state index contributed by atoms with van der Waals surface area (Å²) in [7, 11) is 0. The Morgan fingerprint density at radius 1 is 1.25 bits per heavy atom. The van der Waals surface area contributed by atoms with Gasteiger partial charge in [0.05, 0.1) is 0 Å². The minimum atomic E-state index is 0.824. The van der Waals surface area contributed by atoms with Crippen molar-refractivity contribution in [3.05, 3.63) is 29.8 Å². The first-order valence-electron chi connectivity index (χ1n) is 6.20. The molecule has 1 aliphatic rings. The monoisotopic (exact) mass is 218 g/mol. The summed E-state index contributed by atoms with van der Waals surface area (Å²) in [6, 6.07) is 8.25. The van der Waals surface area contributed by atoms with Gasteiger partial charge in [-0.1, -0.05) is 26.0 Å². The van der Waals surface area contributed by atoms with E-state index >= 15 is 0 Å². The van der Waals surface area contributed by atoms with E-state index in [9.17, 15) is 0 Å². The first kappa shape index (κ1) is 11.5. The molecular weight excluding hydrogens is 196 g/mol. The summed E-state index contributed by atoms with van der Waals surface area (Å²) in [6.45, 7) is 8.18. The van der Waals surface area contributed by atoms with Gasteiger partial charge in [0.15, 0.2) is 0 Å². The van der Waals surface area contributed by atoms with Crippen molar-refractivity contribution in [3.8, 4) is 0 Å². The SMILES string of the molecule is C[C@@H]1C[C@@H](C)CN(Cc2cccc(N)c2)C1. The molecule has 0 bridgehead atoms. The second-order valence-corrected chi connectivity index (χ2v) is 5.39. The Morgan fingerprint density at radius 3 is 2.56 bits per heavy atom. The number of benzene rings is 1. The van der Waals surface area contributed by atoms with Gasteiger partial charge in [-0.05, 0) is 36.0 Å². The largest absolute Gasteiger partial charge is 0.399 e. The van der Waals surface area contributed by atoms with Crippen LogP contribution in [0.2, 0.25) is 0 Å². The van der Waals surface area contributed by atoms with Crippen LogP contribution in [-0.2, 0) is 6.54 Å². The van der Waals surface area contributed by atoms with E-state index in [-0.39, 0.29) is 0 Å². The van der Waals surface area contributed by atoms with Gasteiger partial charge in [0, 0.05) is 25.3 Å². The van der Waals surface area contributed by atoms with Crippen LogP contribution < -0.4 is 5.73 Å². The minimum absolute atomic E-state index is 0.824. The predicted molar refractivity (Wildman–Crippen MR) is 69.1 cm³/mol. The zero-order chi connectivity index (χ0) is 11.5. The Hall–Kier alpha value is -1.02. The number of nitrogens with two attached hydrogens (primary N) is 1. The number of rotatable bonds is 2. The summed E-state index contributed by atoms with van der Waals surface area (Å²) in [5, 5.41) is 0. The highest BCUT2D eigenvalue weighted by Crippen LogP contribution is 2.22. The Kier molecular flexibility index (Phi) is 3.49. The van der Waals surface area contributed by atoms with Gasteiger partial charge in [0.2, 0.25) is 0 Å². The van der Waals surface area contributed by atoms with Crippen LogP contribution in [0.3, 0.4) is 0 Å². The minimum Gasteiger partial charge on any atom is -0.399 e. The molecule has 0 aliphatic carbocycles. The fourth-order valence-electron chi connectivity index (χ4n) is 2.87. The fraction of sp³-hybridized carbons (Fsp3) is 0.571. The third-order valence-electron chi connectivity index (χ3n) is 3.30. The van der Waals surface area contributed by atoms with Crippen LogP contribution in [0.25, 0.3) is 0 Å². The van der Waals surface area contributed by atoms with E-state index in [1.165, 1.54) is 25.1 Å². The quantitative estimate of drug-likeness (QED) is 0.773. The van der Waals surface area contributed by atoms with Crippen LogP contribution in [0, 0.1) is 11.8 Å². The van der Waals surface area contributed by atoms with Gasteiger partial charge in [-0.2, -0.15) is 0 Å². The Labute approximate surface area is 98.4 Å². The Bertz CT molecular complexity index is 338. The molecule has 1 saturated heterocycles. The van der Waals surface area contributed by atoms with E-state index in [2.05, 4.69) is 30.9 Å². The second-order valence-electron chi connectivity index (χ2n) is 5.39. The zero-order valence-corrected chi connectivity index (χ0v) is 10.3. The van der Waals surface area contributed by atoms with Crippen LogP contribution in [0.1, 0.15) is 25.8 Å². The lowest BCUT2D eigenvalue weighted by molar-refractivity contribution is 0.134. The molecule has 2 atom stereocenters. The molecule has 1 fully saturated rings. The van der Waals surface area contributed by atoms with Crippen molar-refractivity contribution in [3.63, 3.8) is 0 Å². The van der Waals surface area contributed by atoms with Crippen molar-refractivity contribution in [2.45, 2.75) is 26.8 Å². The van der Waals surface area contributed by atoms with E-state index in [0.29, 0.717) is 0 Å². The molecule has 16 heavy (non-hydrogen) atoms. The third kappa shape index (κ3) is 2.99. The predicted octanol–water partition coefficient (Wildman–Crippen LogP) is 2.75. The maximum Gasteiger partial charge on any atom is 0.0317 e. The molecule has 0 amide bonds. The average molecular weight is 218 g/mol. The highest BCUT2D eigenvalue weighted by Gasteiger charge is 2.21. The fourth-order valence-corrected chi connectivity index (χ4v) is 2.87. The van der Waals surface area contributed by atoms with Crippen LogP contribution in [0.5, 0.6) is 0 Å². The van der Waals surface area contributed by atoms with Gasteiger partial charge >= 0.3 is 0 Å². The lowest BCUT2D eigenvalue weighted by atomic mass is 9.91. The van der Waals surface area contributed by atoms with E-state index < -0.39 is 0 Å². The summed E-state index contributed by atoms with van der Waals surface area (Å²) >= 11 is 0. The lowest BCUT2D eigenvalue weighted by Gasteiger charge is -2.35. The van der Waals surface area contributed by atoms with Crippen LogP contribution in [0.4, 0.5) is 5.69 Å². The molecule has 2 N–H and O–H groups in total. The normalized spacial score (nSPS) is 26.9. The van der Waals surface area contributed by atoms with E-state index in [1.807, 2.05) is 12.1 Å². The molecule has 1 heterocycles. The van der Waals surface area contributed by atoms with Gasteiger partial charge in [-0.15, -0.1) is 0 Å². The molecule has 2 nitrogen and oxygen atoms in total. The van der Waals surface area contributed by atoms with Crippen molar-refractivity contribution in [1.82, 2.24) is 4.90 Å². The van der Waals surface area contributed by atoms with E-state index in [1.54, 1.807) is 0 Å². The third-order valence-corrected chi connectivity index (χ3v) is 3.30. The molecular formula is C14H22N2. The maximum atomic E-state index is 5.80. The summed E-state index contributed by atoms with van der Waals surface area (Å²) in [6.07, 6.45) is 1.37. The number of anilines is 1. The summed E-state index contributed by atoms with van der Waals surface area (Å²) in [5.74, 6) is 1.65. The number of hydrogen-bond donors (Lipinski definition) is 1. The van der Waals surface area contributed by atoms with Crippen molar-refractivity contribution in [2.24, 2.45) is 11.8 Å². The number of hydrogen-bond acceptors (Lipinski definition) is 2.